The van der Waals surface area contributed by atoms with E-state index in [1.165, 1.54) is 13.0 Å². The first-order valence-electron chi connectivity index (χ1n) is 6.37. The summed E-state index contributed by atoms with van der Waals surface area (Å²) in [7, 11) is 0. The summed E-state index contributed by atoms with van der Waals surface area (Å²) in [6.07, 6.45) is 2.36. The van der Waals surface area contributed by atoms with Crippen molar-refractivity contribution in [3.05, 3.63) is 10.0 Å². The Morgan fingerprint density at radius 2 is 2.35 bits per heavy atom. The van der Waals surface area contributed by atoms with Crippen LogP contribution in [0.3, 0.4) is 0 Å². The Bertz CT molecular complexity index is 342. The predicted octanol–water partition coefficient (Wildman–Crippen LogP) is 2.10. The minimum Gasteiger partial charge on any atom is -0.381 e. The Kier molecular flexibility index (Phi) is 4.88. The summed E-state index contributed by atoms with van der Waals surface area (Å²) in [4.78, 5) is 2.46. The van der Waals surface area contributed by atoms with Gasteiger partial charge in [-0.3, -0.25) is 4.90 Å². The van der Waals surface area contributed by atoms with Gasteiger partial charge in [-0.15, -0.1) is 21.5 Å². The van der Waals surface area contributed by atoms with Gasteiger partial charge in [-0.2, -0.15) is 0 Å². The molecule has 0 aromatic carbocycles. The Balaban J connectivity index is 1.70. The number of aromatic nitrogens is 2. The summed E-state index contributed by atoms with van der Waals surface area (Å²) in [5, 5.41) is 10.4. The summed E-state index contributed by atoms with van der Waals surface area (Å²) in [5.74, 6) is 0.704. The van der Waals surface area contributed by atoms with E-state index >= 15 is 0 Å². The monoisotopic (exact) mass is 255 g/mol. The van der Waals surface area contributed by atoms with Gasteiger partial charge in [0.1, 0.15) is 10.0 Å². The lowest BCUT2D eigenvalue weighted by atomic mass is 10.1. The van der Waals surface area contributed by atoms with Gasteiger partial charge in [-0.1, -0.05) is 6.92 Å². The molecule has 5 heteroatoms. The molecule has 0 spiro atoms. The Morgan fingerprint density at radius 3 is 3.06 bits per heavy atom. The zero-order chi connectivity index (χ0) is 12.1. The van der Waals surface area contributed by atoms with E-state index in [9.17, 15) is 0 Å². The molecule has 1 unspecified atom stereocenters. The molecule has 0 radical (unpaired) electrons. The lowest BCUT2D eigenvalue weighted by Crippen LogP contribution is -2.21. The van der Waals surface area contributed by atoms with Gasteiger partial charge in [0.05, 0.1) is 13.2 Å². The van der Waals surface area contributed by atoms with Crippen LogP contribution >= 0.6 is 11.3 Å². The molecule has 1 atom stereocenters. The van der Waals surface area contributed by atoms with E-state index < -0.39 is 0 Å². The van der Waals surface area contributed by atoms with E-state index in [1.54, 1.807) is 11.3 Å². The van der Waals surface area contributed by atoms with E-state index in [4.69, 9.17) is 4.74 Å². The third-order valence-electron chi connectivity index (χ3n) is 3.00. The van der Waals surface area contributed by atoms with Crippen molar-refractivity contribution in [2.24, 2.45) is 5.92 Å². The van der Waals surface area contributed by atoms with Crippen LogP contribution in [0.4, 0.5) is 0 Å². The van der Waals surface area contributed by atoms with Crippen LogP contribution in [0.1, 0.15) is 29.8 Å². The highest BCUT2D eigenvalue weighted by molar-refractivity contribution is 7.11. The molecular weight excluding hydrogens is 234 g/mol. The fraction of sp³-hybridized carbons (Fsp3) is 0.833. The van der Waals surface area contributed by atoms with Crippen molar-refractivity contribution in [2.45, 2.75) is 33.2 Å². The molecule has 17 heavy (non-hydrogen) atoms. The molecule has 0 aliphatic carbocycles. The number of nitrogens with zero attached hydrogens (tertiary/aromatic N) is 3. The van der Waals surface area contributed by atoms with Crippen LogP contribution in [-0.2, 0) is 11.3 Å². The topological polar surface area (TPSA) is 38.2 Å². The van der Waals surface area contributed by atoms with Crippen molar-refractivity contribution in [3.63, 3.8) is 0 Å². The molecule has 2 heterocycles. The highest BCUT2D eigenvalue weighted by Gasteiger charge is 2.23. The summed E-state index contributed by atoms with van der Waals surface area (Å²) < 4.78 is 5.62. The van der Waals surface area contributed by atoms with E-state index in [-0.39, 0.29) is 0 Å². The summed E-state index contributed by atoms with van der Waals surface area (Å²) >= 11 is 1.70. The number of hydrogen-bond donors (Lipinski definition) is 0. The fourth-order valence-electron chi connectivity index (χ4n) is 2.18. The Morgan fingerprint density at radius 1 is 1.47 bits per heavy atom. The van der Waals surface area contributed by atoms with Gasteiger partial charge < -0.3 is 4.74 Å². The maximum absolute atomic E-state index is 5.62. The fourth-order valence-corrected chi connectivity index (χ4v) is 2.93. The Labute approximate surface area is 107 Å². The predicted molar refractivity (Wildman–Crippen MR) is 69.1 cm³/mol. The first-order chi connectivity index (χ1) is 8.28. The zero-order valence-corrected chi connectivity index (χ0v) is 11.5. The zero-order valence-electron chi connectivity index (χ0n) is 10.7. The minimum atomic E-state index is 0.704. The van der Waals surface area contributed by atoms with Crippen molar-refractivity contribution >= 4 is 11.3 Å². The van der Waals surface area contributed by atoms with Crippen LogP contribution < -0.4 is 0 Å². The molecule has 1 aliphatic rings. The first-order valence-corrected chi connectivity index (χ1v) is 7.18. The number of likely N-dealkylation sites (tertiary alicyclic amines) is 1. The second kappa shape index (κ2) is 6.42. The van der Waals surface area contributed by atoms with E-state index in [0.717, 1.165) is 42.7 Å². The molecule has 0 N–H and O–H groups in total. The molecule has 0 amide bonds. The van der Waals surface area contributed by atoms with Gasteiger partial charge in [0.25, 0.3) is 0 Å². The maximum Gasteiger partial charge on any atom is 0.131 e. The molecule has 0 saturated carbocycles. The second-order valence-electron chi connectivity index (χ2n) is 4.68. The van der Waals surface area contributed by atoms with Crippen molar-refractivity contribution in [1.29, 1.82) is 0 Å². The van der Waals surface area contributed by atoms with Crippen molar-refractivity contribution in [2.75, 3.05) is 26.3 Å². The highest BCUT2D eigenvalue weighted by atomic mass is 32.1. The van der Waals surface area contributed by atoms with Gasteiger partial charge in [0.2, 0.25) is 0 Å². The van der Waals surface area contributed by atoms with Crippen LogP contribution in [0.2, 0.25) is 0 Å². The molecule has 1 fully saturated rings. The number of aryl methyl sites for hydroxylation is 1. The second-order valence-corrected chi connectivity index (χ2v) is 5.95. The molecule has 1 aliphatic heterocycles. The van der Waals surface area contributed by atoms with Crippen LogP contribution in [0, 0.1) is 12.8 Å². The molecule has 0 bridgehead atoms. The lowest BCUT2D eigenvalue weighted by molar-refractivity contribution is 0.101. The first kappa shape index (κ1) is 12.9. The minimum absolute atomic E-state index is 0.704. The maximum atomic E-state index is 5.62. The van der Waals surface area contributed by atoms with Crippen LogP contribution in [0.5, 0.6) is 0 Å². The van der Waals surface area contributed by atoms with Crippen molar-refractivity contribution in [1.82, 2.24) is 15.1 Å². The summed E-state index contributed by atoms with van der Waals surface area (Å²) in [6, 6.07) is 0. The van der Waals surface area contributed by atoms with Crippen LogP contribution in [0.25, 0.3) is 0 Å². The van der Waals surface area contributed by atoms with Gasteiger partial charge in [-0.05, 0) is 32.2 Å². The smallest absolute Gasteiger partial charge is 0.131 e. The van der Waals surface area contributed by atoms with Gasteiger partial charge in [-0.25, -0.2) is 0 Å². The van der Waals surface area contributed by atoms with Gasteiger partial charge in [0, 0.05) is 13.2 Å². The molecule has 1 aromatic heterocycles. The quantitative estimate of drug-likeness (QED) is 0.730. The van der Waals surface area contributed by atoms with Crippen LogP contribution in [0.15, 0.2) is 0 Å². The largest absolute Gasteiger partial charge is 0.381 e. The third-order valence-corrected chi connectivity index (χ3v) is 3.82. The molecule has 4 nitrogen and oxygen atoms in total. The summed E-state index contributed by atoms with van der Waals surface area (Å²) in [5.41, 5.74) is 0. The van der Waals surface area contributed by atoms with Gasteiger partial charge >= 0.3 is 0 Å². The van der Waals surface area contributed by atoms with Crippen molar-refractivity contribution < 1.29 is 4.74 Å². The van der Waals surface area contributed by atoms with E-state index in [2.05, 4.69) is 22.0 Å². The van der Waals surface area contributed by atoms with Crippen molar-refractivity contribution in [3.8, 4) is 0 Å². The average molecular weight is 255 g/mol. The van der Waals surface area contributed by atoms with E-state index in [1.807, 2.05) is 6.92 Å². The summed E-state index contributed by atoms with van der Waals surface area (Å²) in [6.45, 7) is 9.23. The molecule has 1 saturated heterocycles. The normalized spacial score (nSPS) is 21.2. The number of hydrogen-bond acceptors (Lipinski definition) is 5. The molecule has 2 rings (SSSR count). The van der Waals surface area contributed by atoms with E-state index in [0.29, 0.717) is 5.92 Å². The number of ether oxygens (including phenoxy) is 1. The molecule has 96 valence electrons. The Hall–Kier alpha value is -0.520. The van der Waals surface area contributed by atoms with Gasteiger partial charge in [0.15, 0.2) is 0 Å². The molecular formula is C12H21N3OS. The van der Waals surface area contributed by atoms with Crippen LogP contribution in [-0.4, -0.2) is 41.4 Å². The average Bonchev–Trinajstić information content (AvgIpc) is 2.90. The SMILES string of the molecule is CCCOCC1CCN(Cc2nnc(C)s2)C1. The molecule has 1 aromatic rings. The number of rotatable bonds is 6. The lowest BCUT2D eigenvalue weighted by Gasteiger charge is -2.14. The highest BCUT2D eigenvalue weighted by Crippen LogP contribution is 2.20. The third kappa shape index (κ3) is 4.01. The standard InChI is InChI=1S/C12H21N3OS/c1-3-6-16-9-11-4-5-15(7-11)8-12-14-13-10(2)17-12/h11H,3-9H2,1-2H3.